The van der Waals surface area contributed by atoms with Crippen molar-refractivity contribution in [3.63, 3.8) is 0 Å². The van der Waals surface area contributed by atoms with Crippen molar-refractivity contribution in [2.45, 2.75) is 13.3 Å². The summed E-state index contributed by atoms with van der Waals surface area (Å²) in [6.07, 6.45) is -0.0168. The van der Waals surface area contributed by atoms with Crippen molar-refractivity contribution in [2.24, 2.45) is 5.92 Å². The molecule has 0 bridgehead atoms. The average Bonchev–Trinajstić information content (AvgIpc) is 3.16. The molecule has 0 aliphatic carbocycles. The minimum atomic E-state index is -0.689. The van der Waals surface area contributed by atoms with Crippen LogP contribution >= 0.6 is 27.5 Å². The molecule has 0 unspecified atom stereocenters. The summed E-state index contributed by atoms with van der Waals surface area (Å²) in [5.74, 6) is -1.01. The van der Waals surface area contributed by atoms with Crippen molar-refractivity contribution >= 4 is 56.7 Å². The third kappa shape index (κ3) is 5.34. The second-order valence-electron chi connectivity index (χ2n) is 7.18. The SMILES string of the molecule is COc1ccc(N2C[C@H](C(=O)OCC(=O)Nc3cc(Cl)c(Br)cc3C)CC2=O)c(OC)c1. The molecule has 2 aromatic carbocycles. The molecule has 3 rings (SSSR count). The Morgan fingerprint density at radius 1 is 1.22 bits per heavy atom. The fourth-order valence-electron chi connectivity index (χ4n) is 3.33. The average molecular weight is 526 g/mol. The number of anilines is 2. The van der Waals surface area contributed by atoms with E-state index in [1.54, 1.807) is 30.3 Å². The van der Waals surface area contributed by atoms with Crippen LogP contribution in [-0.2, 0) is 19.1 Å². The molecule has 1 fully saturated rings. The molecule has 10 heteroatoms. The number of aryl methyl sites for hydroxylation is 1. The van der Waals surface area contributed by atoms with Crippen LogP contribution in [0.2, 0.25) is 5.02 Å². The van der Waals surface area contributed by atoms with Gasteiger partial charge in [-0.2, -0.15) is 0 Å². The highest BCUT2D eigenvalue weighted by atomic mass is 79.9. The van der Waals surface area contributed by atoms with E-state index in [1.807, 2.05) is 6.92 Å². The molecule has 0 saturated carbocycles. The molecular weight excluding hydrogens is 504 g/mol. The molecular formula is C22H22BrClN2O6. The van der Waals surface area contributed by atoms with Gasteiger partial charge in [0.05, 0.1) is 30.8 Å². The van der Waals surface area contributed by atoms with Gasteiger partial charge in [-0.25, -0.2) is 0 Å². The minimum absolute atomic E-state index is 0.0168. The van der Waals surface area contributed by atoms with Crippen LogP contribution in [0, 0.1) is 12.8 Å². The van der Waals surface area contributed by atoms with E-state index >= 15 is 0 Å². The number of esters is 1. The van der Waals surface area contributed by atoms with Crippen LogP contribution in [0.4, 0.5) is 11.4 Å². The Bertz CT molecular complexity index is 1060. The molecule has 1 aliphatic rings. The Hall–Kier alpha value is -2.78. The smallest absolute Gasteiger partial charge is 0.311 e. The van der Waals surface area contributed by atoms with Crippen LogP contribution in [0.5, 0.6) is 11.5 Å². The zero-order valence-electron chi connectivity index (χ0n) is 17.7. The molecule has 2 aromatic rings. The van der Waals surface area contributed by atoms with Gasteiger partial charge in [-0.1, -0.05) is 11.6 Å². The molecule has 2 amide bonds. The first-order valence-corrected chi connectivity index (χ1v) is 10.8. The van der Waals surface area contributed by atoms with E-state index in [0.29, 0.717) is 32.4 Å². The van der Waals surface area contributed by atoms with Crippen LogP contribution < -0.4 is 19.7 Å². The number of amides is 2. The third-order valence-corrected chi connectivity index (χ3v) is 6.22. The van der Waals surface area contributed by atoms with Crippen LogP contribution in [0.3, 0.4) is 0 Å². The second-order valence-corrected chi connectivity index (χ2v) is 8.44. The minimum Gasteiger partial charge on any atom is -0.497 e. The monoisotopic (exact) mass is 524 g/mol. The predicted octanol–water partition coefficient (Wildman–Crippen LogP) is 3.96. The quantitative estimate of drug-likeness (QED) is 0.550. The van der Waals surface area contributed by atoms with Crippen LogP contribution in [0.15, 0.2) is 34.8 Å². The molecule has 170 valence electrons. The number of methoxy groups -OCH3 is 2. The maximum absolute atomic E-state index is 12.5. The molecule has 0 spiro atoms. The maximum Gasteiger partial charge on any atom is 0.311 e. The standard InChI is InChI=1S/C22H22BrClN2O6/c1-12-6-15(23)16(24)9-17(12)25-20(27)11-32-22(29)13-7-21(28)26(10-13)18-5-4-14(30-2)8-19(18)31-3/h4-6,8-9,13H,7,10-11H2,1-3H3,(H,25,27)/t13-/m1/s1. The van der Waals surface area contributed by atoms with Crippen molar-refractivity contribution in [1.29, 1.82) is 0 Å². The van der Waals surface area contributed by atoms with Crippen molar-refractivity contribution in [3.8, 4) is 11.5 Å². The lowest BCUT2D eigenvalue weighted by Crippen LogP contribution is -2.28. The van der Waals surface area contributed by atoms with Gasteiger partial charge in [0.1, 0.15) is 11.5 Å². The number of hydrogen-bond donors (Lipinski definition) is 1. The number of hydrogen-bond acceptors (Lipinski definition) is 6. The van der Waals surface area contributed by atoms with E-state index in [9.17, 15) is 14.4 Å². The van der Waals surface area contributed by atoms with Gasteiger partial charge in [0.25, 0.3) is 5.91 Å². The number of benzene rings is 2. The molecule has 8 nitrogen and oxygen atoms in total. The number of nitrogens with one attached hydrogen (secondary N) is 1. The summed E-state index contributed by atoms with van der Waals surface area (Å²) in [6.45, 7) is 1.47. The molecule has 1 N–H and O–H groups in total. The Morgan fingerprint density at radius 2 is 1.97 bits per heavy atom. The lowest BCUT2D eigenvalue weighted by molar-refractivity contribution is -0.151. The van der Waals surface area contributed by atoms with E-state index in [-0.39, 0.29) is 18.9 Å². The first-order valence-electron chi connectivity index (χ1n) is 9.68. The van der Waals surface area contributed by atoms with Gasteiger partial charge in [0.15, 0.2) is 6.61 Å². The summed E-state index contributed by atoms with van der Waals surface area (Å²) >= 11 is 9.38. The highest BCUT2D eigenvalue weighted by Gasteiger charge is 2.37. The van der Waals surface area contributed by atoms with Gasteiger partial charge < -0.3 is 24.4 Å². The summed E-state index contributed by atoms with van der Waals surface area (Å²) in [4.78, 5) is 38.7. The largest absolute Gasteiger partial charge is 0.497 e. The molecule has 0 radical (unpaired) electrons. The number of ether oxygens (including phenoxy) is 3. The summed E-state index contributed by atoms with van der Waals surface area (Å²) in [6, 6.07) is 8.45. The Kier molecular flexibility index (Phi) is 7.63. The molecule has 0 aromatic heterocycles. The number of halogens is 2. The summed E-state index contributed by atoms with van der Waals surface area (Å²) in [5.41, 5.74) is 1.86. The van der Waals surface area contributed by atoms with Gasteiger partial charge in [-0.3, -0.25) is 14.4 Å². The van der Waals surface area contributed by atoms with Gasteiger partial charge in [0, 0.05) is 29.2 Å². The van der Waals surface area contributed by atoms with E-state index in [1.165, 1.54) is 19.1 Å². The van der Waals surface area contributed by atoms with Crippen LogP contribution in [-0.4, -0.2) is 45.2 Å². The summed E-state index contributed by atoms with van der Waals surface area (Å²) in [5, 5.41) is 3.11. The van der Waals surface area contributed by atoms with Crippen LogP contribution in [0.1, 0.15) is 12.0 Å². The molecule has 1 atom stereocenters. The van der Waals surface area contributed by atoms with E-state index < -0.39 is 24.4 Å². The Balaban J connectivity index is 1.59. The Labute approximate surface area is 198 Å². The third-order valence-electron chi connectivity index (χ3n) is 5.02. The normalized spacial score (nSPS) is 15.5. The van der Waals surface area contributed by atoms with Crippen LogP contribution in [0.25, 0.3) is 0 Å². The predicted molar refractivity (Wildman–Crippen MR) is 123 cm³/mol. The molecule has 1 aliphatic heterocycles. The molecule has 1 saturated heterocycles. The van der Waals surface area contributed by atoms with E-state index in [0.717, 1.165) is 5.56 Å². The fourth-order valence-corrected chi connectivity index (χ4v) is 3.95. The molecule has 32 heavy (non-hydrogen) atoms. The van der Waals surface area contributed by atoms with Crippen molar-refractivity contribution in [1.82, 2.24) is 0 Å². The first-order chi connectivity index (χ1) is 15.2. The molecule has 1 heterocycles. The van der Waals surface area contributed by atoms with Gasteiger partial charge >= 0.3 is 5.97 Å². The zero-order chi connectivity index (χ0) is 23.4. The van der Waals surface area contributed by atoms with Crippen molar-refractivity contribution in [3.05, 3.63) is 45.4 Å². The number of nitrogens with zero attached hydrogens (tertiary/aromatic N) is 1. The van der Waals surface area contributed by atoms with E-state index in [2.05, 4.69) is 21.2 Å². The number of carbonyl (C=O) groups is 3. The lowest BCUT2D eigenvalue weighted by Gasteiger charge is -2.20. The highest BCUT2D eigenvalue weighted by molar-refractivity contribution is 9.10. The number of carbonyl (C=O) groups excluding carboxylic acids is 3. The lowest BCUT2D eigenvalue weighted by atomic mass is 10.1. The fraction of sp³-hybridized carbons (Fsp3) is 0.318. The maximum atomic E-state index is 12.5. The van der Waals surface area contributed by atoms with Gasteiger partial charge in [-0.15, -0.1) is 0 Å². The zero-order valence-corrected chi connectivity index (χ0v) is 20.1. The number of rotatable bonds is 7. The van der Waals surface area contributed by atoms with Crippen molar-refractivity contribution in [2.75, 3.05) is 37.6 Å². The summed E-state index contributed by atoms with van der Waals surface area (Å²) in [7, 11) is 3.02. The van der Waals surface area contributed by atoms with E-state index in [4.69, 9.17) is 25.8 Å². The first kappa shape index (κ1) is 23.9. The van der Waals surface area contributed by atoms with Gasteiger partial charge in [-0.05, 0) is 52.7 Å². The topological polar surface area (TPSA) is 94.2 Å². The highest BCUT2D eigenvalue weighted by Crippen LogP contribution is 2.36. The second kappa shape index (κ2) is 10.2. The van der Waals surface area contributed by atoms with Gasteiger partial charge in [0.2, 0.25) is 5.91 Å². The van der Waals surface area contributed by atoms with Crippen molar-refractivity contribution < 1.29 is 28.6 Å². The summed E-state index contributed by atoms with van der Waals surface area (Å²) < 4.78 is 16.4. The Morgan fingerprint density at radius 3 is 2.66 bits per heavy atom.